The molecule has 0 aromatic rings. The molecule has 0 saturated heterocycles. The third kappa shape index (κ3) is 5.68. The Kier molecular flexibility index (Phi) is 8.82. The van der Waals surface area contributed by atoms with Gasteiger partial charge in [0.1, 0.15) is 6.10 Å². The van der Waals surface area contributed by atoms with Gasteiger partial charge >= 0.3 is 11.9 Å². The molecule has 9 atom stereocenters. The van der Waals surface area contributed by atoms with Crippen molar-refractivity contribution in [1.82, 2.24) is 0 Å². The van der Waals surface area contributed by atoms with E-state index in [-0.39, 0.29) is 24.9 Å². The van der Waals surface area contributed by atoms with Crippen molar-refractivity contribution in [2.45, 2.75) is 137 Å². The lowest BCUT2D eigenvalue weighted by atomic mass is 9.44. The van der Waals surface area contributed by atoms with Crippen LogP contribution in [0.25, 0.3) is 0 Å². The molecule has 0 aromatic heterocycles. The fourth-order valence-corrected chi connectivity index (χ4v) is 9.98. The minimum Gasteiger partial charge on any atom is -0.481 e. The summed E-state index contributed by atoms with van der Waals surface area (Å²) < 4.78 is 5.84. The minimum atomic E-state index is -0.842. The molecule has 4 saturated carbocycles. The van der Waals surface area contributed by atoms with E-state index in [1.165, 1.54) is 64.2 Å². The van der Waals surface area contributed by atoms with Gasteiger partial charge in [0, 0.05) is 12.8 Å². The minimum absolute atomic E-state index is 0.0355. The molecule has 0 radical (unpaired) electrons. The number of carbonyl (C=O) groups excluding carboxylic acids is 1. The van der Waals surface area contributed by atoms with Crippen molar-refractivity contribution in [3.05, 3.63) is 0 Å². The summed E-state index contributed by atoms with van der Waals surface area (Å²) >= 11 is 0. The average molecular weight is 503 g/mol. The Morgan fingerprint density at radius 1 is 0.861 bits per heavy atom. The highest BCUT2D eigenvalue weighted by Gasteiger charge is 2.60. The number of hydrogen-bond acceptors (Lipinski definition) is 3. The van der Waals surface area contributed by atoms with Crippen LogP contribution in [0.15, 0.2) is 0 Å². The van der Waals surface area contributed by atoms with E-state index in [2.05, 4.69) is 34.6 Å². The lowest BCUT2D eigenvalue weighted by molar-refractivity contribution is -0.163. The number of rotatable bonds is 10. The largest absolute Gasteiger partial charge is 0.481 e. The van der Waals surface area contributed by atoms with E-state index in [1.807, 2.05) is 0 Å². The van der Waals surface area contributed by atoms with Crippen LogP contribution in [0.3, 0.4) is 0 Å². The zero-order chi connectivity index (χ0) is 26.1. The van der Waals surface area contributed by atoms with Crippen LogP contribution in [0, 0.1) is 52.3 Å². The molecule has 5 unspecified atom stereocenters. The van der Waals surface area contributed by atoms with E-state index in [4.69, 9.17) is 9.84 Å². The topological polar surface area (TPSA) is 63.6 Å². The Hall–Kier alpha value is -1.06. The number of aliphatic carboxylic acids is 1. The van der Waals surface area contributed by atoms with Crippen molar-refractivity contribution in [1.29, 1.82) is 0 Å². The van der Waals surface area contributed by atoms with Gasteiger partial charge in [0.25, 0.3) is 0 Å². The van der Waals surface area contributed by atoms with Gasteiger partial charge in [-0.3, -0.25) is 9.59 Å². The van der Waals surface area contributed by atoms with Crippen LogP contribution < -0.4 is 0 Å². The molecule has 0 bridgehead atoms. The van der Waals surface area contributed by atoms with Gasteiger partial charge in [-0.2, -0.15) is 0 Å². The fraction of sp³-hybridized carbons (Fsp3) is 0.938. The Labute approximate surface area is 220 Å². The number of carbonyl (C=O) groups is 2. The molecule has 4 heteroatoms. The van der Waals surface area contributed by atoms with Crippen molar-refractivity contribution >= 4 is 11.9 Å². The van der Waals surface area contributed by atoms with Crippen LogP contribution in [0.2, 0.25) is 0 Å². The first-order valence-corrected chi connectivity index (χ1v) is 15.5. The summed E-state index contributed by atoms with van der Waals surface area (Å²) in [4.78, 5) is 23.0. The van der Waals surface area contributed by atoms with E-state index in [0.717, 1.165) is 48.3 Å². The lowest BCUT2D eigenvalue weighted by Gasteiger charge is -2.61. The van der Waals surface area contributed by atoms with E-state index in [1.54, 1.807) is 0 Å². The standard InChI is InChI=1S/C32H54O4/c1-21(2)8-6-9-22(3)26-14-15-27-25-13-12-23-20-24(36-30(35)11-7-10-29(33)34)16-18-31(23,4)28(25)17-19-32(26,27)5/h21-28H,6-20H2,1-5H3,(H,33,34)/t22-,23?,24?,25?,26-,27?,28?,31+,32-/m1/s1. The van der Waals surface area contributed by atoms with Gasteiger partial charge < -0.3 is 9.84 Å². The van der Waals surface area contributed by atoms with Gasteiger partial charge in [-0.25, -0.2) is 0 Å². The van der Waals surface area contributed by atoms with Gasteiger partial charge in [0.2, 0.25) is 0 Å². The quantitative estimate of drug-likeness (QED) is 0.305. The molecule has 4 aliphatic carbocycles. The second kappa shape index (κ2) is 11.4. The number of carboxylic acids is 1. The number of ether oxygens (including phenoxy) is 1. The number of esters is 1. The second-order valence-corrected chi connectivity index (χ2v) is 14.3. The van der Waals surface area contributed by atoms with Crippen molar-refractivity contribution in [3.8, 4) is 0 Å². The third-order valence-corrected chi connectivity index (χ3v) is 11.9. The van der Waals surface area contributed by atoms with Gasteiger partial charge in [-0.15, -0.1) is 0 Å². The first kappa shape index (κ1) is 28.0. The molecule has 0 aliphatic heterocycles. The monoisotopic (exact) mass is 502 g/mol. The average Bonchev–Trinajstić information content (AvgIpc) is 3.16. The summed E-state index contributed by atoms with van der Waals surface area (Å²) in [6.45, 7) is 12.5. The molecule has 4 aliphatic rings. The number of fused-ring (bicyclic) bond motifs is 5. The summed E-state index contributed by atoms with van der Waals surface area (Å²) in [6, 6.07) is 0. The van der Waals surface area contributed by atoms with Crippen LogP contribution in [0.5, 0.6) is 0 Å². The normalized spacial score (nSPS) is 40.7. The number of carboxylic acid groups (broad SMARTS) is 1. The maximum Gasteiger partial charge on any atom is 0.306 e. The second-order valence-electron chi connectivity index (χ2n) is 14.3. The van der Waals surface area contributed by atoms with Crippen molar-refractivity contribution in [2.24, 2.45) is 52.3 Å². The summed E-state index contributed by atoms with van der Waals surface area (Å²) in [5, 5.41) is 8.81. The SMILES string of the molecule is CC(C)CCC[C@@H](C)[C@H]1CCC2C3CCC4CC(OC(=O)CCCC(=O)O)CC[C@]4(C)C3CC[C@@]21C. The molecule has 1 N–H and O–H groups in total. The fourth-order valence-electron chi connectivity index (χ4n) is 9.98. The molecule has 4 fully saturated rings. The van der Waals surface area contributed by atoms with Gasteiger partial charge in [-0.05, 0) is 116 Å². The van der Waals surface area contributed by atoms with E-state index < -0.39 is 5.97 Å². The molecule has 36 heavy (non-hydrogen) atoms. The smallest absolute Gasteiger partial charge is 0.306 e. The van der Waals surface area contributed by atoms with Gasteiger partial charge in [-0.1, -0.05) is 53.9 Å². The highest BCUT2D eigenvalue weighted by Crippen LogP contribution is 2.68. The Balaban J connectivity index is 1.34. The molecular weight excluding hydrogens is 448 g/mol. The maximum absolute atomic E-state index is 12.3. The van der Waals surface area contributed by atoms with Crippen molar-refractivity contribution in [2.75, 3.05) is 0 Å². The molecule has 0 heterocycles. The van der Waals surface area contributed by atoms with Gasteiger partial charge in [0.15, 0.2) is 0 Å². The molecule has 0 spiro atoms. The highest BCUT2D eigenvalue weighted by molar-refractivity contribution is 5.71. The molecular formula is C32H54O4. The molecule has 4 nitrogen and oxygen atoms in total. The predicted molar refractivity (Wildman–Crippen MR) is 144 cm³/mol. The summed E-state index contributed by atoms with van der Waals surface area (Å²) in [5.74, 6) is 4.88. The summed E-state index contributed by atoms with van der Waals surface area (Å²) in [5.41, 5.74) is 0.946. The zero-order valence-corrected chi connectivity index (χ0v) is 23.9. The van der Waals surface area contributed by atoms with Crippen LogP contribution in [-0.2, 0) is 14.3 Å². The van der Waals surface area contributed by atoms with Gasteiger partial charge in [0.05, 0.1) is 0 Å². The van der Waals surface area contributed by atoms with Crippen LogP contribution in [-0.4, -0.2) is 23.1 Å². The van der Waals surface area contributed by atoms with Crippen LogP contribution in [0.4, 0.5) is 0 Å². The molecule has 206 valence electrons. The molecule has 4 rings (SSSR count). The van der Waals surface area contributed by atoms with E-state index in [9.17, 15) is 9.59 Å². The summed E-state index contributed by atoms with van der Waals surface area (Å²) in [6.07, 6.45) is 16.5. The van der Waals surface area contributed by atoms with Crippen molar-refractivity contribution < 1.29 is 19.4 Å². The summed E-state index contributed by atoms with van der Waals surface area (Å²) in [7, 11) is 0. The zero-order valence-electron chi connectivity index (χ0n) is 23.9. The highest BCUT2D eigenvalue weighted by atomic mass is 16.5. The van der Waals surface area contributed by atoms with Crippen molar-refractivity contribution in [3.63, 3.8) is 0 Å². The predicted octanol–water partition coefficient (Wildman–Crippen LogP) is 8.27. The third-order valence-electron chi connectivity index (χ3n) is 11.9. The first-order valence-electron chi connectivity index (χ1n) is 15.5. The Morgan fingerprint density at radius 2 is 1.58 bits per heavy atom. The Morgan fingerprint density at radius 3 is 2.31 bits per heavy atom. The molecule has 0 amide bonds. The van der Waals surface area contributed by atoms with E-state index >= 15 is 0 Å². The Bertz CT molecular complexity index is 776. The van der Waals surface area contributed by atoms with E-state index in [0.29, 0.717) is 23.2 Å². The maximum atomic E-state index is 12.3. The lowest BCUT2D eigenvalue weighted by Crippen LogP contribution is -2.54. The van der Waals surface area contributed by atoms with Crippen LogP contribution in [0.1, 0.15) is 131 Å². The molecule has 0 aromatic carbocycles. The number of hydrogen-bond donors (Lipinski definition) is 1. The van der Waals surface area contributed by atoms with Crippen LogP contribution >= 0.6 is 0 Å². The first-order chi connectivity index (χ1) is 17.0.